The molecule has 112 valence electrons. The number of hydrogen-bond acceptors (Lipinski definition) is 4. The Balaban J connectivity index is 2.02. The van der Waals surface area contributed by atoms with E-state index in [1.807, 2.05) is 42.7 Å². The Labute approximate surface area is 139 Å². The predicted molar refractivity (Wildman–Crippen MR) is 94.6 cm³/mol. The second kappa shape index (κ2) is 6.90. The van der Waals surface area contributed by atoms with Crippen LogP contribution in [-0.2, 0) is 0 Å². The average Bonchev–Trinajstić information content (AvgIpc) is 3.02. The Morgan fingerprint density at radius 2 is 1.95 bits per heavy atom. The van der Waals surface area contributed by atoms with Gasteiger partial charge in [-0.2, -0.15) is 0 Å². The molecule has 0 atom stereocenters. The van der Waals surface area contributed by atoms with E-state index in [2.05, 4.69) is 22.2 Å². The van der Waals surface area contributed by atoms with Crippen molar-refractivity contribution in [1.82, 2.24) is 9.97 Å². The van der Waals surface area contributed by atoms with E-state index in [1.165, 1.54) is 0 Å². The van der Waals surface area contributed by atoms with Gasteiger partial charge in [-0.1, -0.05) is 48.1 Å². The number of halogens is 1. The fraction of sp³-hybridized carbons (Fsp3) is 0.176. The molecule has 0 bridgehead atoms. The molecular formula is C17H16ClN3S. The first-order valence-electron chi connectivity index (χ1n) is 7.18. The smallest absolute Gasteiger partial charge is 0.183 e. The molecule has 0 fully saturated rings. The third-order valence-electron chi connectivity index (χ3n) is 3.28. The van der Waals surface area contributed by atoms with Gasteiger partial charge in [-0.05, 0) is 24.1 Å². The number of rotatable bonds is 5. The first-order chi connectivity index (χ1) is 10.8. The predicted octanol–water partition coefficient (Wildman–Crippen LogP) is 5.35. The van der Waals surface area contributed by atoms with Gasteiger partial charge in [-0.15, -0.1) is 0 Å². The quantitative estimate of drug-likeness (QED) is 0.685. The Morgan fingerprint density at radius 1 is 1.09 bits per heavy atom. The number of aromatic nitrogens is 2. The van der Waals surface area contributed by atoms with Crippen molar-refractivity contribution in [3.05, 3.63) is 53.9 Å². The van der Waals surface area contributed by atoms with Crippen LogP contribution in [0.5, 0.6) is 0 Å². The summed E-state index contributed by atoms with van der Waals surface area (Å²) in [6, 6.07) is 9.86. The lowest BCUT2D eigenvalue weighted by Gasteiger charge is -2.08. The molecule has 0 saturated carbocycles. The standard InChI is InChI=1S/C17H16ClN3S/c1-2-8-20-17-21-11-16(22-17)14-10-19-9-7-12(14)13-5-3-4-6-15(13)18/h3-7,9-11H,2,8H2,1H3,(H,20,21). The topological polar surface area (TPSA) is 37.8 Å². The maximum Gasteiger partial charge on any atom is 0.183 e. The maximum atomic E-state index is 6.35. The molecule has 2 aromatic heterocycles. The summed E-state index contributed by atoms with van der Waals surface area (Å²) in [5.41, 5.74) is 3.14. The Hall–Kier alpha value is -1.91. The van der Waals surface area contributed by atoms with E-state index in [1.54, 1.807) is 17.5 Å². The Bertz CT molecular complexity index is 770. The van der Waals surface area contributed by atoms with Gasteiger partial charge in [0, 0.05) is 41.3 Å². The highest BCUT2D eigenvalue weighted by atomic mass is 35.5. The molecule has 0 amide bonds. The van der Waals surface area contributed by atoms with Crippen LogP contribution in [0.25, 0.3) is 21.6 Å². The number of thiazole rings is 1. The zero-order valence-electron chi connectivity index (χ0n) is 12.2. The molecule has 0 saturated heterocycles. The van der Waals surface area contributed by atoms with Gasteiger partial charge >= 0.3 is 0 Å². The minimum absolute atomic E-state index is 0.740. The average molecular weight is 330 g/mol. The van der Waals surface area contributed by atoms with Crippen molar-refractivity contribution in [2.24, 2.45) is 0 Å². The van der Waals surface area contributed by atoms with Crippen LogP contribution >= 0.6 is 22.9 Å². The molecule has 0 aliphatic rings. The summed E-state index contributed by atoms with van der Waals surface area (Å²) < 4.78 is 0. The molecule has 3 aromatic rings. The van der Waals surface area contributed by atoms with Gasteiger partial charge in [0.1, 0.15) is 0 Å². The van der Waals surface area contributed by atoms with Gasteiger partial charge in [0.15, 0.2) is 5.13 Å². The van der Waals surface area contributed by atoms with Crippen molar-refractivity contribution in [3.63, 3.8) is 0 Å². The molecular weight excluding hydrogens is 314 g/mol. The second-order valence-corrected chi connectivity index (χ2v) is 6.30. The van der Waals surface area contributed by atoms with Crippen LogP contribution in [0.2, 0.25) is 5.02 Å². The number of hydrogen-bond donors (Lipinski definition) is 1. The summed E-state index contributed by atoms with van der Waals surface area (Å²) in [5, 5.41) is 4.99. The number of pyridine rings is 1. The highest BCUT2D eigenvalue weighted by Gasteiger charge is 2.12. The molecule has 1 aromatic carbocycles. The molecule has 0 unspecified atom stereocenters. The molecule has 0 radical (unpaired) electrons. The lowest BCUT2D eigenvalue weighted by atomic mass is 10.0. The van der Waals surface area contributed by atoms with E-state index in [0.29, 0.717) is 0 Å². The Morgan fingerprint density at radius 3 is 2.77 bits per heavy atom. The molecule has 22 heavy (non-hydrogen) atoms. The van der Waals surface area contributed by atoms with Gasteiger partial charge < -0.3 is 5.32 Å². The number of benzene rings is 1. The minimum Gasteiger partial charge on any atom is -0.362 e. The van der Waals surface area contributed by atoms with Gasteiger partial charge in [0.2, 0.25) is 0 Å². The van der Waals surface area contributed by atoms with Crippen molar-refractivity contribution in [3.8, 4) is 21.6 Å². The minimum atomic E-state index is 0.740. The van der Waals surface area contributed by atoms with Gasteiger partial charge in [0.05, 0.1) is 4.88 Å². The molecule has 3 rings (SSSR count). The molecule has 0 spiro atoms. The van der Waals surface area contributed by atoms with E-state index in [-0.39, 0.29) is 0 Å². The molecule has 3 nitrogen and oxygen atoms in total. The largest absolute Gasteiger partial charge is 0.362 e. The van der Waals surface area contributed by atoms with Gasteiger partial charge in [0.25, 0.3) is 0 Å². The first kappa shape index (κ1) is 15.0. The first-order valence-corrected chi connectivity index (χ1v) is 8.38. The third kappa shape index (κ3) is 3.13. The summed E-state index contributed by atoms with van der Waals surface area (Å²) in [4.78, 5) is 9.78. The van der Waals surface area contributed by atoms with E-state index in [0.717, 1.165) is 44.7 Å². The highest BCUT2D eigenvalue weighted by molar-refractivity contribution is 7.18. The molecule has 0 aliphatic carbocycles. The van der Waals surface area contributed by atoms with Crippen LogP contribution in [0.15, 0.2) is 48.9 Å². The molecule has 1 N–H and O–H groups in total. The SMILES string of the molecule is CCCNc1ncc(-c2cnccc2-c2ccccc2Cl)s1. The fourth-order valence-corrected chi connectivity index (χ4v) is 3.32. The lowest BCUT2D eigenvalue weighted by Crippen LogP contribution is -1.97. The number of nitrogens with zero attached hydrogens (tertiary/aromatic N) is 2. The fourth-order valence-electron chi connectivity index (χ4n) is 2.22. The molecule has 5 heteroatoms. The normalized spacial score (nSPS) is 10.6. The zero-order chi connectivity index (χ0) is 15.4. The molecule has 0 aliphatic heterocycles. The number of nitrogens with one attached hydrogen (secondary N) is 1. The lowest BCUT2D eigenvalue weighted by molar-refractivity contribution is 0.976. The number of anilines is 1. The summed E-state index contributed by atoms with van der Waals surface area (Å²) in [6.07, 6.45) is 6.63. The van der Waals surface area contributed by atoms with E-state index >= 15 is 0 Å². The van der Waals surface area contributed by atoms with Crippen molar-refractivity contribution < 1.29 is 0 Å². The van der Waals surface area contributed by atoms with Crippen LogP contribution in [0.1, 0.15) is 13.3 Å². The van der Waals surface area contributed by atoms with Gasteiger partial charge in [-0.3, -0.25) is 4.98 Å². The summed E-state index contributed by atoms with van der Waals surface area (Å²) in [6.45, 7) is 3.06. The van der Waals surface area contributed by atoms with Crippen LogP contribution < -0.4 is 5.32 Å². The summed E-state index contributed by atoms with van der Waals surface area (Å²) in [5.74, 6) is 0. The third-order valence-corrected chi connectivity index (χ3v) is 4.60. The van der Waals surface area contributed by atoms with Crippen LogP contribution in [0.4, 0.5) is 5.13 Å². The second-order valence-electron chi connectivity index (χ2n) is 4.86. The highest BCUT2D eigenvalue weighted by Crippen LogP contribution is 2.38. The van der Waals surface area contributed by atoms with Gasteiger partial charge in [-0.25, -0.2) is 4.98 Å². The van der Waals surface area contributed by atoms with Crippen molar-refractivity contribution in [1.29, 1.82) is 0 Å². The monoisotopic (exact) mass is 329 g/mol. The van der Waals surface area contributed by atoms with Crippen molar-refractivity contribution in [2.75, 3.05) is 11.9 Å². The van der Waals surface area contributed by atoms with Crippen molar-refractivity contribution in [2.45, 2.75) is 13.3 Å². The van der Waals surface area contributed by atoms with Crippen LogP contribution in [0.3, 0.4) is 0 Å². The summed E-state index contributed by atoms with van der Waals surface area (Å²) in [7, 11) is 0. The van der Waals surface area contributed by atoms with E-state index in [4.69, 9.17) is 11.6 Å². The van der Waals surface area contributed by atoms with E-state index in [9.17, 15) is 0 Å². The molecule has 2 heterocycles. The maximum absolute atomic E-state index is 6.35. The summed E-state index contributed by atoms with van der Waals surface area (Å²) >= 11 is 7.98. The van der Waals surface area contributed by atoms with E-state index < -0.39 is 0 Å². The Kier molecular flexibility index (Phi) is 4.71. The van der Waals surface area contributed by atoms with Crippen LogP contribution in [-0.4, -0.2) is 16.5 Å². The van der Waals surface area contributed by atoms with Crippen LogP contribution in [0, 0.1) is 0 Å². The van der Waals surface area contributed by atoms with Crippen molar-refractivity contribution >= 4 is 28.1 Å². The zero-order valence-corrected chi connectivity index (χ0v) is 13.8.